The number of aliphatic hydroxyl groups is 1. The highest BCUT2D eigenvalue weighted by molar-refractivity contribution is 5.34. The van der Waals surface area contributed by atoms with Crippen molar-refractivity contribution in [3.8, 4) is 6.07 Å². The van der Waals surface area contributed by atoms with Gasteiger partial charge in [-0.15, -0.1) is 0 Å². The van der Waals surface area contributed by atoms with Gasteiger partial charge in [0.1, 0.15) is 11.9 Å². The normalized spacial score (nSPS) is 12.4. The Kier molecular flexibility index (Phi) is 5.76. The fraction of sp³-hybridized carbons (Fsp3) is 0.500. The summed E-state index contributed by atoms with van der Waals surface area (Å²) in [5.74, 6) is -0.0427. The second kappa shape index (κ2) is 7.10. The molecule has 1 aromatic rings. The van der Waals surface area contributed by atoms with Crippen molar-refractivity contribution in [1.82, 2.24) is 5.32 Å². The monoisotopic (exact) mass is 250 g/mol. The highest BCUT2D eigenvalue weighted by Crippen LogP contribution is 2.09. The third kappa shape index (κ3) is 4.82. The largest absolute Gasteiger partial charge is 0.392 e. The minimum Gasteiger partial charge on any atom is -0.392 e. The van der Waals surface area contributed by atoms with E-state index in [0.29, 0.717) is 19.0 Å². The van der Waals surface area contributed by atoms with Crippen molar-refractivity contribution >= 4 is 0 Å². The Balaban J connectivity index is 2.42. The molecule has 0 aliphatic heterocycles. The Morgan fingerprint density at radius 3 is 2.78 bits per heavy atom. The van der Waals surface area contributed by atoms with Crippen molar-refractivity contribution in [2.45, 2.75) is 32.9 Å². The number of nitriles is 1. The summed E-state index contributed by atoms with van der Waals surface area (Å²) < 4.78 is 13.1. The van der Waals surface area contributed by atoms with Crippen molar-refractivity contribution in [3.05, 3.63) is 35.1 Å². The number of aliphatic hydroxyl groups excluding tert-OH is 1. The molecule has 0 amide bonds. The first-order valence-corrected chi connectivity index (χ1v) is 6.10. The first-order chi connectivity index (χ1) is 8.52. The molecule has 18 heavy (non-hydrogen) atoms. The van der Waals surface area contributed by atoms with Gasteiger partial charge in [-0.1, -0.05) is 19.9 Å². The van der Waals surface area contributed by atoms with E-state index in [2.05, 4.69) is 19.2 Å². The topological polar surface area (TPSA) is 56.0 Å². The lowest BCUT2D eigenvalue weighted by molar-refractivity contribution is 0.146. The van der Waals surface area contributed by atoms with Gasteiger partial charge in [0.25, 0.3) is 0 Å². The Bertz CT molecular complexity index is 426. The van der Waals surface area contributed by atoms with E-state index in [0.717, 1.165) is 12.0 Å². The minimum atomic E-state index is -0.499. The Hall–Kier alpha value is -1.44. The minimum absolute atomic E-state index is 0.0528. The molecule has 0 fully saturated rings. The maximum atomic E-state index is 13.1. The molecule has 1 rings (SSSR count). The highest BCUT2D eigenvalue weighted by atomic mass is 19.1. The molecule has 0 bridgehead atoms. The van der Waals surface area contributed by atoms with E-state index in [-0.39, 0.29) is 11.7 Å². The van der Waals surface area contributed by atoms with E-state index < -0.39 is 5.82 Å². The van der Waals surface area contributed by atoms with Crippen LogP contribution in [0.15, 0.2) is 18.2 Å². The predicted octanol–water partition coefficient (Wildman–Crippen LogP) is 2.19. The third-order valence-electron chi connectivity index (χ3n) is 2.60. The van der Waals surface area contributed by atoms with E-state index >= 15 is 0 Å². The maximum absolute atomic E-state index is 13.1. The van der Waals surface area contributed by atoms with E-state index in [1.54, 1.807) is 6.07 Å². The van der Waals surface area contributed by atoms with Crippen LogP contribution in [0.2, 0.25) is 0 Å². The smallest absolute Gasteiger partial charge is 0.140 e. The molecular formula is C14H19FN2O. The summed E-state index contributed by atoms with van der Waals surface area (Å²) in [6.07, 6.45) is 0.376. The number of hydrogen-bond acceptors (Lipinski definition) is 3. The second-order valence-corrected chi connectivity index (χ2v) is 4.84. The molecular weight excluding hydrogens is 231 g/mol. The molecule has 0 aliphatic carbocycles. The van der Waals surface area contributed by atoms with Crippen molar-refractivity contribution in [3.63, 3.8) is 0 Å². The van der Waals surface area contributed by atoms with Gasteiger partial charge < -0.3 is 10.4 Å². The molecule has 98 valence electrons. The molecule has 3 nitrogen and oxygen atoms in total. The van der Waals surface area contributed by atoms with Gasteiger partial charge in [0.15, 0.2) is 0 Å². The molecule has 0 saturated carbocycles. The van der Waals surface area contributed by atoms with Crippen molar-refractivity contribution in [2.24, 2.45) is 5.92 Å². The Morgan fingerprint density at radius 1 is 1.44 bits per heavy atom. The van der Waals surface area contributed by atoms with Gasteiger partial charge in [-0.3, -0.25) is 0 Å². The van der Waals surface area contributed by atoms with Gasteiger partial charge in [-0.2, -0.15) is 5.26 Å². The zero-order valence-electron chi connectivity index (χ0n) is 10.8. The number of rotatable bonds is 6. The summed E-state index contributed by atoms with van der Waals surface area (Å²) in [6.45, 7) is 5.13. The predicted molar refractivity (Wildman–Crippen MR) is 68.3 cm³/mol. The number of halogens is 1. The van der Waals surface area contributed by atoms with Crippen LogP contribution in [0.25, 0.3) is 0 Å². The molecule has 0 radical (unpaired) electrons. The molecule has 0 aromatic heterocycles. The molecule has 1 aromatic carbocycles. The SMILES string of the molecule is CC(C)CC(O)CNCc1ccc(F)c(C#N)c1. The van der Waals surface area contributed by atoms with Crippen LogP contribution in [0.5, 0.6) is 0 Å². The number of nitrogens with one attached hydrogen (secondary N) is 1. The summed E-state index contributed by atoms with van der Waals surface area (Å²) in [7, 11) is 0. The number of nitrogens with zero attached hydrogens (tertiary/aromatic N) is 1. The first-order valence-electron chi connectivity index (χ1n) is 6.10. The summed E-state index contributed by atoms with van der Waals surface area (Å²) in [4.78, 5) is 0. The zero-order valence-corrected chi connectivity index (χ0v) is 10.8. The molecule has 0 spiro atoms. The van der Waals surface area contributed by atoms with E-state index in [9.17, 15) is 9.50 Å². The van der Waals surface area contributed by atoms with Crippen LogP contribution in [-0.2, 0) is 6.54 Å². The zero-order chi connectivity index (χ0) is 13.5. The number of benzene rings is 1. The third-order valence-corrected chi connectivity index (χ3v) is 2.60. The maximum Gasteiger partial charge on any atom is 0.140 e. The van der Waals surface area contributed by atoms with Gasteiger partial charge in [0, 0.05) is 13.1 Å². The first kappa shape index (κ1) is 14.6. The quantitative estimate of drug-likeness (QED) is 0.813. The van der Waals surface area contributed by atoms with Crippen molar-refractivity contribution in [2.75, 3.05) is 6.54 Å². The van der Waals surface area contributed by atoms with Crippen LogP contribution >= 0.6 is 0 Å². The summed E-state index contributed by atoms with van der Waals surface area (Å²) in [5.41, 5.74) is 0.890. The van der Waals surface area contributed by atoms with Crippen LogP contribution in [0.4, 0.5) is 4.39 Å². The fourth-order valence-electron chi connectivity index (χ4n) is 1.78. The van der Waals surface area contributed by atoms with Crippen LogP contribution in [0.1, 0.15) is 31.4 Å². The van der Waals surface area contributed by atoms with Crippen LogP contribution < -0.4 is 5.32 Å². The van der Waals surface area contributed by atoms with Crippen LogP contribution in [0, 0.1) is 23.1 Å². The summed E-state index contributed by atoms with van der Waals surface area (Å²) in [5, 5.41) is 21.5. The van der Waals surface area contributed by atoms with Gasteiger partial charge >= 0.3 is 0 Å². The molecule has 1 atom stereocenters. The van der Waals surface area contributed by atoms with Crippen molar-refractivity contribution < 1.29 is 9.50 Å². The van der Waals surface area contributed by atoms with Gasteiger partial charge in [-0.05, 0) is 30.0 Å². The molecule has 2 N–H and O–H groups in total. The lowest BCUT2D eigenvalue weighted by Crippen LogP contribution is -2.27. The van der Waals surface area contributed by atoms with E-state index in [1.165, 1.54) is 12.1 Å². The van der Waals surface area contributed by atoms with Gasteiger partial charge in [-0.25, -0.2) is 4.39 Å². The number of hydrogen-bond donors (Lipinski definition) is 2. The lowest BCUT2D eigenvalue weighted by Gasteiger charge is -2.13. The molecule has 1 unspecified atom stereocenters. The lowest BCUT2D eigenvalue weighted by atomic mass is 10.1. The Morgan fingerprint density at radius 2 is 2.17 bits per heavy atom. The average molecular weight is 250 g/mol. The van der Waals surface area contributed by atoms with Gasteiger partial charge in [0.2, 0.25) is 0 Å². The van der Waals surface area contributed by atoms with E-state index in [1.807, 2.05) is 6.07 Å². The summed E-state index contributed by atoms with van der Waals surface area (Å²) in [6, 6.07) is 6.26. The van der Waals surface area contributed by atoms with Gasteiger partial charge in [0.05, 0.1) is 11.7 Å². The highest BCUT2D eigenvalue weighted by Gasteiger charge is 2.07. The van der Waals surface area contributed by atoms with Crippen molar-refractivity contribution in [1.29, 1.82) is 5.26 Å². The molecule has 0 saturated heterocycles. The second-order valence-electron chi connectivity index (χ2n) is 4.84. The standard InChI is InChI=1S/C14H19FN2O/c1-10(2)5-13(18)9-17-8-11-3-4-14(15)12(6-11)7-16/h3-4,6,10,13,17-18H,5,8-9H2,1-2H3. The molecule has 0 heterocycles. The Labute approximate surface area is 107 Å². The summed E-state index contributed by atoms with van der Waals surface area (Å²) >= 11 is 0. The fourth-order valence-corrected chi connectivity index (χ4v) is 1.78. The molecule has 4 heteroatoms. The van der Waals surface area contributed by atoms with E-state index in [4.69, 9.17) is 5.26 Å². The average Bonchev–Trinajstić information content (AvgIpc) is 2.30. The van der Waals surface area contributed by atoms with Crippen LogP contribution in [-0.4, -0.2) is 17.8 Å². The molecule has 0 aliphatic rings. The van der Waals surface area contributed by atoms with Crippen LogP contribution in [0.3, 0.4) is 0 Å².